The Bertz CT molecular complexity index is 198. The molecule has 0 bridgehead atoms. The molecule has 0 aromatic rings. The van der Waals surface area contributed by atoms with Gasteiger partial charge >= 0.3 is 0 Å². The van der Waals surface area contributed by atoms with E-state index in [4.69, 9.17) is 0 Å². The molecule has 2 unspecified atom stereocenters. The predicted octanol–water partition coefficient (Wildman–Crippen LogP) is 4.32. The molecule has 0 heterocycles. The van der Waals surface area contributed by atoms with E-state index in [0.29, 0.717) is 5.41 Å². The summed E-state index contributed by atoms with van der Waals surface area (Å²) in [4.78, 5) is 0. The number of nitrogens with one attached hydrogen (secondary N) is 1. The Morgan fingerprint density at radius 2 is 1.82 bits per heavy atom. The highest BCUT2D eigenvalue weighted by Gasteiger charge is 2.33. The zero-order chi connectivity index (χ0) is 12.7. The lowest BCUT2D eigenvalue weighted by Gasteiger charge is -2.41. The summed E-state index contributed by atoms with van der Waals surface area (Å²) in [6.45, 7) is 8.44. The van der Waals surface area contributed by atoms with Gasteiger partial charge in [0.2, 0.25) is 0 Å². The first kappa shape index (κ1) is 15.4. The van der Waals surface area contributed by atoms with Gasteiger partial charge in [0.15, 0.2) is 0 Å². The van der Waals surface area contributed by atoms with E-state index in [1.165, 1.54) is 50.8 Å². The summed E-state index contributed by atoms with van der Waals surface area (Å²) in [7, 11) is 0. The molecule has 0 aromatic heterocycles. The smallest absolute Gasteiger partial charge is 0.0100 e. The van der Waals surface area contributed by atoms with Crippen LogP contribution in [-0.2, 0) is 0 Å². The summed E-state index contributed by atoms with van der Waals surface area (Å²) in [6.07, 6.45) is 10.6. The van der Waals surface area contributed by atoms with Gasteiger partial charge in [0.1, 0.15) is 0 Å². The van der Waals surface area contributed by atoms with E-state index in [9.17, 15) is 0 Å². The highest BCUT2D eigenvalue weighted by Crippen LogP contribution is 2.37. The van der Waals surface area contributed by atoms with Crippen molar-refractivity contribution >= 4 is 11.8 Å². The van der Waals surface area contributed by atoms with Crippen LogP contribution in [0.3, 0.4) is 0 Å². The van der Waals surface area contributed by atoms with Crippen molar-refractivity contribution in [2.24, 2.45) is 11.3 Å². The average Bonchev–Trinajstić information content (AvgIpc) is 2.28. The number of thioether (sulfide) groups is 1. The first-order valence-electron chi connectivity index (χ1n) is 7.28. The molecule has 17 heavy (non-hydrogen) atoms. The summed E-state index contributed by atoms with van der Waals surface area (Å²) >= 11 is 1.96. The summed E-state index contributed by atoms with van der Waals surface area (Å²) in [6, 6.07) is 0.776. The van der Waals surface area contributed by atoms with Crippen LogP contribution >= 0.6 is 11.8 Å². The van der Waals surface area contributed by atoms with Crippen LogP contribution in [0.5, 0.6) is 0 Å². The third-order valence-corrected chi connectivity index (χ3v) is 4.76. The van der Waals surface area contributed by atoms with E-state index in [-0.39, 0.29) is 0 Å². The second-order valence-electron chi connectivity index (χ2n) is 6.52. The van der Waals surface area contributed by atoms with Crippen molar-refractivity contribution in [2.75, 3.05) is 18.6 Å². The van der Waals surface area contributed by atoms with E-state index in [2.05, 4.69) is 32.3 Å². The van der Waals surface area contributed by atoms with Crippen molar-refractivity contribution < 1.29 is 0 Å². The van der Waals surface area contributed by atoms with Crippen LogP contribution in [0.25, 0.3) is 0 Å². The molecular weight excluding hydrogens is 226 g/mol. The molecule has 0 amide bonds. The van der Waals surface area contributed by atoms with Gasteiger partial charge in [-0.1, -0.05) is 33.6 Å². The minimum absolute atomic E-state index is 0.470. The molecule has 0 aromatic carbocycles. The van der Waals surface area contributed by atoms with Crippen LogP contribution in [-0.4, -0.2) is 24.6 Å². The van der Waals surface area contributed by atoms with Gasteiger partial charge in [-0.2, -0.15) is 11.8 Å². The minimum Gasteiger partial charge on any atom is -0.314 e. The highest BCUT2D eigenvalue weighted by atomic mass is 32.2. The molecule has 0 saturated heterocycles. The van der Waals surface area contributed by atoms with Crippen LogP contribution in [0.1, 0.15) is 59.3 Å². The molecule has 1 nitrogen and oxygen atoms in total. The Balaban J connectivity index is 2.28. The molecule has 1 N–H and O–H groups in total. The molecule has 0 aliphatic heterocycles. The monoisotopic (exact) mass is 257 g/mol. The molecule has 1 rings (SSSR count). The van der Waals surface area contributed by atoms with Gasteiger partial charge in [-0.15, -0.1) is 0 Å². The fraction of sp³-hybridized carbons (Fsp3) is 1.00. The van der Waals surface area contributed by atoms with Crippen LogP contribution < -0.4 is 5.32 Å². The third kappa shape index (κ3) is 5.65. The third-order valence-electron chi connectivity index (χ3n) is 4.06. The first-order valence-corrected chi connectivity index (χ1v) is 8.67. The van der Waals surface area contributed by atoms with Gasteiger partial charge in [0, 0.05) is 6.04 Å². The SMILES string of the molecule is CSCCCCNC1CCCCC1C(C)(C)C. The maximum absolute atomic E-state index is 3.83. The van der Waals surface area contributed by atoms with Crippen molar-refractivity contribution in [3.63, 3.8) is 0 Å². The molecule has 1 aliphatic carbocycles. The predicted molar refractivity (Wildman–Crippen MR) is 80.8 cm³/mol. The van der Waals surface area contributed by atoms with E-state index < -0.39 is 0 Å². The van der Waals surface area contributed by atoms with Crippen molar-refractivity contribution in [1.82, 2.24) is 5.32 Å². The number of unbranched alkanes of at least 4 members (excludes halogenated alkanes) is 1. The first-order chi connectivity index (χ1) is 8.05. The Morgan fingerprint density at radius 1 is 1.12 bits per heavy atom. The van der Waals surface area contributed by atoms with Crippen molar-refractivity contribution in [3.05, 3.63) is 0 Å². The van der Waals surface area contributed by atoms with Crippen molar-refractivity contribution in [2.45, 2.75) is 65.3 Å². The fourth-order valence-corrected chi connectivity index (χ4v) is 3.56. The lowest BCUT2D eigenvalue weighted by molar-refractivity contribution is 0.131. The lowest BCUT2D eigenvalue weighted by atomic mass is 9.69. The van der Waals surface area contributed by atoms with Crippen molar-refractivity contribution in [1.29, 1.82) is 0 Å². The van der Waals surface area contributed by atoms with E-state index in [1.807, 2.05) is 11.8 Å². The van der Waals surface area contributed by atoms with Gasteiger partial charge < -0.3 is 5.32 Å². The summed E-state index contributed by atoms with van der Waals surface area (Å²) < 4.78 is 0. The zero-order valence-corrected chi connectivity index (χ0v) is 13.0. The molecule has 102 valence electrons. The molecule has 1 aliphatic rings. The molecule has 1 fully saturated rings. The molecule has 2 atom stereocenters. The van der Waals surface area contributed by atoms with Crippen LogP contribution in [0.4, 0.5) is 0 Å². The maximum atomic E-state index is 3.83. The molecule has 0 spiro atoms. The zero-order valence-electron chi connectivity index (χ0n) is 12.2. The number of hydrogen-bond acceptors (Lipinski definition) is 2. The second kappa shape index (κ2) is 7.68. The normalized spacial score (nSPS) is 26.1. The van der Waals surface area contributed by atoms with Gasteiger partial charge in [-0.25, -0.2) is 0 Å². The summed E-state index contributed by atoms with van der Waals surface area (Å²) in [5.74, 6) is 2.19. The number of hydrogen-bond donors (Lipinski definition) is 1. The Morgan fingerprint density at radius 3 is 2.47 bits per heavy atom. The van der Waals surface area contributed by atoms with E-state index in [0.717, 1.165) is 12.0 Å². The van der Waals surface area contributed by atoms with Gasteiger partial charge in [0.05, 0.1) is 0 Å². The van der Waals surface area contributed by atoms with E-state index in [1.54, 1.807) is 0 Å². The van der Waals surface area contributed by atoms with Crippen LogP contribution in [0.2, 0.25) is 0 Å². The largest absolute Gasteiger partial charge is 0.314 e. The maximum Gasteiger partial charge on any atom is 0.0100 e. The standard InChI is InChI=1S/C15H31NS/c1-15(2,3)13-9-5-6-10-14(13)16-11-7-8-12-17-4/h13-14,16H,5-12H2,1-4H3. The minimum atomic E-state index is 0.470. The number of rotatable bonds is 6. The van der Waals surface area contributed by atoms with E-state index >= 15 is 0 Å². The Hall–Kier alpha value is 0.310. The molecule has 0 radical (unpaired) electrons. The highest BCUT2D eigenvalue weighted by molar-refractivity contribution is 7.98. The Kier molecular flexibility index (Phi) is 6.94. The van der Waals surface area contributed by atoms with Crippen LogP contribution in [0.15, 0.2) is 0 Å². The molecule has 2 heteroatoms. The van der Waals surface area contributed by atoms with Gasteiger partial charge in [-0.05, 0) is 55.6 Å². The topological polar surface area (TPSA) is 12.0 Å². The van der Waals surface area contributed by atoms with Crippen LogP contribution in [0, 0.1) is 11.3 Å². The van der Waals surface area contributed by atoms with Crippen molar-refractivity contribution in [3.8, 4) is 0 Å². The van der Waals surface area contributed by atoms with Gasteiger partial charge in [-0.3, -0.25) is 0 Å². The lowest BCUT2D eigenvalue weighted by Crippen LogP contribution is -2.44. The van der Waals surface area contributed by atoms with Gasteiger partial charge in [0.25, 0.3) is 0 Å². The fourth-order valence-electron chi connectivity index (χ4n) is 3.07. The average molecular weight is 257 g/mol. The summed E-state index contributed by atoms with van der Waals surface area (Å²) in [5.41, 5.74) is 0.470. The second-order valence-corrected chi connectivity index (χ2v) is 7.50. The molecular formula is C15H31NS. The quantitative estimate of drug-likeness (QED) is 0.711. The Labute approximate surface area is 113 Å². The summed E-state index contributed by atoms with van der Waals surface area (Å²) in [5, 5.41) is 3.83. The molecule has 1 saturated carbocycles.